The normalized spacial score (nSPS) is 1.91. The molecular formula is C14H42Nb4O24Re2-14. The molecule has 24 nitrogen and oxygen atoms in total. The molecule has 0 atom stereocenters. The van der Waals surface area contributed by atoms with Gasteiger partial charge in [0.1, 0.15) is 0 Å². The molecule has 0 bridgehead atoms. The summed E-state index contributed by atoms with van der Waals surface area (Å²) in [7, 11) is 10.5. The van der Waals surface area contributed by atoms with E-state index in [1.165, 1.54) is 0 Å². The quantitative estimate of drug-likeness (QED) is 0.204. The van der Waals surface area contributed by atoms with Crippen LogP contribution in [0.3, 0.4) is 0 Å². The Bertz CT molecular complexity index is 66.9. The van der Waals surface area contributed by atoms with Crippen LogP contribution in [0, 0.1) is 0 Å². The molecule has 0 saturated heterocycles. The van der Waals surface area contributed by atoms with Crippen molar-refractivity contribution in [1.82, 2.24) is 0 Å². The van der Waals surface area contributed by atoms with E-state index in [-0.39, 0.29) is 185 Å². The van der Waals surface area contributed by atoms with E-state index >= 15 is 0 Å². The summed E-state index contributed by atoms with van der Waals surface area (Å²) in [6.07, 6.45) is 0. The summed E-state index contributed by atoms with van der Waals surface area (Å²) in [6, 6.07) is 0. The first-order valence-corrected chi connectivity index (χ1v) is 5.72. The van der Waals surface area contributed by atoms with Gasteiger partial charge in [-0.05, 0) is 0 Å². The topological polar surface area (TPSA) is 608 Å². The van der Waals surface area contributed by atoms with Crippen LogP contribution in [-0.4, -0.2) is 99.5 Å². The van der Waals surface area contributed by atoms with E-state index in [0.29, 0.717) is 0 Å². The zero-order valence-electron chi connectivity index (χ0n) is 26.3. The Balaban J connectivity index is -0.00000000167. The monoisotopic (exact) mass is 1340 g/mol. The standard InChI is InChI=1S/14CH3O.4Nb.10O.2Re/c14*1-2;;;;;;;;;;;;;;;;/h14*1H3;;;;;;;;;;;;;;;;/q14*-1;4*+5;10*-2;;. The molecule has 0 saturated carbocycles. The molecule has 0 spiro atoms. The minimum Gasteiger partial charge on any atom is -2.00 e. The minimum atomic E-state index is 0. The molecule has 0 aliphatic carbocycles. The van der Waals surface area contributed by atoms with Gasteiger partial charge >= 0.3 is 89.5 Å². The Kier molecular flexibility index (Phi) is 66200. The largest absolute Gasteiger partial charge is 5.00 e. The number of hydrogen-bond acceptors (Lipinski definition) is 14. The van der Waals surface area contributed by atoms with E-state index in [2.05, 4.69) is 0 Å². The predicted octanol–water partition coefficient (Wildman–Crippen LogP) is -15.5. The van der Waals surface area contributed by atoms with Gasteiger partial charge in [-0.2, -0.15) is 99.5 Å². The van der Waals surface area contributed by atoms with E-state index in [0.717, 1.165) is 99.5 Å². The van der Waals surface area contributed by atoms with Crippen LogP contribution in [0.5, 0.6) is 0 Å². The smallest absolute Gasteiger partial charge is 2.00 e. The van der Waals surface area contributed by atoms with Gasteiger partial charge in [0.15, 0.2) is 0 Å². The van der Waals surface area contributed by atoms with Crippen molar-refractivity contribution < 1.29 is 257 Å². The van der Waals surface area contributed by atoms with Gasteiger partial charge in [-0.3, -0.25) is 0 Å². The molecule has 44 heavy (non-hydrogen) atoms. The SMILES string of the molecule is C[O-].C[O-].C[O-].C[O-].C[O-].C[O-].C[O-].C[O-].C[O-].C[O-].C[O-].C[O-].C[O-].C[O-].[Nb+5].[Nb+5].[Nb+5].[Nb+5].[O-2].[O-2].[O-2].[O-2].[O-2].[O-2].[O-2].[O-2].[O-2].[O-2].[Re].[Re]. The Morgan fingerprint density at radius 3 is 0.136 bits per heavy atom. The van der Waals surface area contributed by atoms with Crippen molar-refractivity contribution in [2.75, 3.05) is 99.5 Å². The van der Waals surface area contributed by atoms with E-state index in [1.807, 2.05) is 0 Å². The van der Waals surface area contributed by atoms with Gasteiger partial charge < -0.3 is 126 Å². The van der Waals surface area contributed by atoms with E-state index in [9.17, 15) is 0 Å². The summed E-state index contributed by atoms with van der Waals surface area (Å²) in [4.78, 5) is 0. The van der Waals surface area contributed by atoms with Gasteiger partial charge in [0.25, 0.3) is 0 Å². The van der Waals surface area contributed by atoms with E-state index in [1.54, 1.807) is 0 Å². The third-order valence-electron chi connectivity index (χ3n) is 0. The number of hydrogen-bond donors (Lipinski definition) is 0. The van der Waals surface area contributed by atoms with Crippen LogP contribution in [0.4, 0.5) is 0 Å². The van der Waals surface area contributed by atoms with Crippen LogP contribution in [0.1, 0.15) is 0 Å². The predicted molar refractivity (Wildman–Crippen MR) is 89.8 cm³/mol. The molecule has 0 aromatic heterocycles. The average molecular weight is 1340 g/mol. The van der Waals surface area contributed by atoms with Crippen LogP contribution in [-0.2, 0) is 185 Å². The van der Waals surface area contributed by atoms with Crippen molar-refractivity contribution in [3.05, 3.63) is 0 Å². The second kappa shape index (κ2) is 8600. The molecule has 0 aromatic carbocycles. The third kappa shape index (κ3) is 8050. The first-order valence-electron chi connectivity index (χ1n) is 5.72. The van der Waals surface area contributed by atoms with Crippen molar-refractivity contribution >= 4 is 0 Å². The molecule has 30 heteroatoms. The van der Waals surface area contributed by atoms with Gasteiger partial charge in [-0.25, -0.2) is 0 Å². The maximum absolute atomic E-state index is 8.25. The molecule has 0 N–H and O–H groups in total. The van der Waals surface area contributed by atoms with Crippen LogP contribution in [0.2, 0.25) is 0 Å². The fourth-order valence-corrected chi connectivity index (χ4v) is 0. The Morgan fingerprint density at radius 1 is 0.136 bits per heavy atom. The third-order valence-corrected chi connectivity index (χ3v) is 0. The summed E-state index contributed by atoms with van der Waals surface area (Å²) in [5.41, 5.74) is 0. The second-order valence-electron chi connectivity index (χ2n) is 0. The van der Waals surface area contributed by atoms with Crippen molar-refractivity contribution in [3.63, 3.8) is 0 Å². The van der Waals surface area contributed by atoms with Gasteiger partial charge in [0.2, 0.25) is 0 Å². The fraction of sp³-hybridized carbons (Fsp3) is 1.00. The molecule has 290 valence electrons. The zero-order chi connectivity index (χ0) is 28.0. The first kappa shape index (κ1) is 338. The molecule has 0 aromatic rings. The fourth-order valence-electron chi connectivity index (χ4n) is 0. The second-order valence-corrected chi connectivity index (χ2v) is 0. The van der Waals surface area contributed by atoms with E-state index < -0.39 is 0 Å². The summed E-state index contributed by atoms with van der Waals surface area (Å²) >= 11 is 0. The van der Waals surface area contributed by atoms with Crippen LogP contribution < -0.4 is 71.5 Å². The zero-order valence-corrected chi connectivity index (χ0v) is 40.6. The molecule has 0 fully saturated rings. The van der Waals surface area contributed by atoms with Crippen LogP contribution >= 0.6 is 0 Å². The molecule has 0 heterocycles. The summed E-state index contributed by atoms with van der Waals surface area (Å²) in [5, 5.41) is 116. The molecule has 0 unspecified atom stereocenters. The summed E-state index contributed by atoms with van der Waals surface area (Å²) in [5.74, 6) is 0. The van der Waals surface area contributed by atoms with Gasteiger partial charge in [0, 0.05) is 40.8 Å². The Labute approximate surface area is 353 Å². The summed E-state index contributed by atoms with van der Waals surface area (Å²) in [6.45, 7) is 0. The maximum Gasteiger partial charge on any atom is 5.00 e. The van der Waals surface area contributed by atoms with Crippen molar-refractivity contribution in [1.29, 1.82) is 0 Å². The molecule has 2 radical (unpaired) electrons. The first-order chi connectivity index (χ1) is 14.0. The minimum absolute atomic E-state index is 0. The summed E-state index contributed by atoms with van der Waals surface area (Å²) < 4.78 is 0. The van der Waals surface area contributed by atoms with Crippen LogP contribution in [0.15, 0.2) is 0 Å². The van der Waals surface area contributed by atoms with Crippen molar-refractivity contribution in [2.24, 2.45) is 0 Å². The molecular weight excluding hydrogens is 1300 g/mol. The van der Waals surface area contributed by atoms with Gasteiger partial charge in [0.05, 0.1) is 0 Å². The molecule has 0 rings (SSSR count). The Hall–Kier alpha value is 3.33. The maximum atomic E-state index is 8.25. The molecule has 0 aliphatic rings. The van der Waals surface area contributed by atoms with Crippen LogP contribution in [0.25, 0.3) is 0 Å². The van der Waals surface area contributed by atoms with Gasteiger partial charge in [-0.1, -0.05) is 0 Å². The van der Waals surface area contributed by atoms with Crippen molar-refractivity contribution in [2.45, 2.75) is 0 Å². The Morgan fingerprint density at radius 2 is 0.136 bits per heavy atom. The molecule has 0 amide bonds. The number of rotatable bonds is 0. The average Bonchev–Trinajstić information content (AvgIpc) is 2.95. The molecule has 0 aliphatic heterocycles. The van der Waals surface area contributed by atoms with Crippen molar-refractivity contribution in [3.8, 4) is 0 Å². The van der Waals surface area contributed by atoms with E-state index in [4.69, 9.17) is 71.5 Å². The van der Waals surface area contributed by atoms with Gasteiger partial charge in [-0.15, -0.1) is 0 Å².